The number of hydrogen-bond donors (Lipinski definition) is 2. The van der Waals surface area contributed by atoms with Crippen LogP contribution in [0.15, 0.2) is 18.2 Å². The third kappa shape index (κ3) is 4.08. The van der Waals surface area contributed by atoms with Gasteiger partial charge < -0.3 is 15.4 Å². The predicted octanol–water partition coefficient (Wildman–Crippen LogP) is 1.74. The number of carbonyl (C=O) groups excluding carboxylic acids is 1. The van der Waals surface area contributed by atoms with Crippen LogP contribution in [0.1, 0.15) is 23.2 Å². The summed E-state index contributed by atoms with van der Waals surface area (Å²) in [5, 5.41) is 6.14. The molecule has 1 aromatic rings. The van der Waals surface area contributed by atoms with Crippen LogP contribution in [0.4, 0.5) is 4.39 Å². The SMILES string of the molecule is COc1ccc(C(=O)NC2CCNCC2)cc1F.Cl. The zero-order valence-electron chi connectivity index (χ0n) is 10.7. The van der Waals surface area contributed by atoms with Crippen LogP contribution in [0, 0.1) is 5.82 Å². The van der Waals surface area contributed by atoms with E-state index < -0.39 is 5.82 Å². The fraction of sp³-hybridized carbons (Fsp3) is 0.462. The van der Waals surface area contributed by atoms with Gasteiger partial charge >= 0.3 is 0 Å². The van der Waals surface area contributed by atoms with Crippen molar-refractivity contribution in [3.63, 3.8) is 0 Å². The Balaban J connectivity index is 0.00000180. The van der Waals surface area contributed by atoms with Crippen molar-refractivity contribution in [1.29, 1.82) is 0 Å². The van der Waals surface area contributed by atoms with E-state index in [9.17, 15) is 9.18 Å². The van der Waals surface area contributed by atoms with Crippen LogP contribution >= 0.6 is 12.4 Å². The van der Waals surface area contributed by atoms with Gasteiger partial charge in [-0.3, -0.25) is 4.79 Å². The summed E-state index contributed by atoms with van der Waals surface area (Å²) in [4.78, 5) is 11.9. The number of rotatable bonds is 3. The molecule has 1 fully saturated rings. The van der Waals surface area contributed by atoms with Crippen LogP contribution in [-0.2, 0) is 0 Å². The van der Waals surface area contributed by atoms with Crippen LogP contribution in [-0.4, -0.2) is 32.1 Å². The fourth-order valence-corrected chi connectivity index (χ4v) is 2.04. The molecule has 19 heavy (non-hydrogen) atoms. The Labute approximate surface area is 118 Å². The van der Waals surface area contributed by atoms with E-state index in [-0.39, 0.29) is 30.1 Å². The van der Waals surface area contributed by atoms with Crippen molar-refractivity contribution in [2.75, 3.05) is 20.2 Å². The van der Waals surface area contributed by atoms with Crippen LogP contribution in [0.5, 0.6) is 5.75 Å². The maximum atomic E-state index is 13.5. The van der Waals surface area contributed by atoms with E-state index >= 15 is 0 Å². The smallest absolute Gasteiger partial charge is 0.251 e. The van der Waals surface area contributed by atoms with Gasteiger partial charge in [-0.2, -0.15) is 0 Å². The Morgan fingerprint density at radius 3 is 2.68 bits per heavy atom. The van der Waals surface area contributed by atoms with Gasteiger partial charge in [-0.25, -0.2) is 4.39 Å². The summed E-state index contributed by atoms with van der Waals surface area (Å²) in [6.07, 6.45) is 1.81. The van der Waals surface area contributed by atoms with Gasteiger partial charge in [0, 0.05) is 11.6 Å². The lowest BCUT2D eigenvalue weighted by Crippen LogP contribution is -2.42. The molecule has 106 valence electrons. The average Bonchev–Trinajstić information content (AvgIpc) is 2.39. The minimum atomic E-state index is -0.518. The second kappa shape index (κ2) is 7.31. The van der Waals surface area contributed by atoms with E-state index in [0.717, 1.165) is 25.9 Å². The summed E-state index contributed by atoms with van der Waals surface area (Å²) in [5.74, 6) is -0.604. The van der Waals surface area contributed by atoms with Gasteiger partial charge in [0.25, 0.3) is 5.91 Å². The van der Waals surface area contributed by atoms with Crippen LogP contribution < -0.4 is 15.4 Å². The molecular weight excluding hydrogens is 271 g/mol. The molecule has 0 aromatic heterocycles. The fourth-order valence-electron chi connectivity index (χ4n) is 2.04. The van der Waals surface area contributed by atoms with Gasteiger partial charge in [0.2, 0.25) is 0 Å². The predicted molar refractivity (Wildman–Crippen MR) is 73.6 cm³/mol. The molecule has 1 aliphatic rings. The lowest BCUT2D eigenvalue weighted by Gasteiger charge is -2.23. The second-order valence-corrected chi connectivity index (χ2v) is 4.35. The summed E-state index contributed by atoms with van der Waals surface area (Å²) in [7, 11) is 1.40. The minimum Gasteiger partial charge on any atom is -0.494 e. The van der Waals surface area contributed by atoms with Gasteiger partial charge in [0.05, 0.1) is 7.11 Å². The Hall–Kier alpha value is -1.33. The molecule has 1 aromatic carbocycles. The monoisotopic (exact) mass is 288 g/mol. The molecule has 0 saturated carbocycles. The Morgan fingerprint density at radius 2 is 2.11 bits per heavy atom. The van der Waals surface area contributed by atoms with E-state index in [1.807, 2.05) is 0 Å². The number of hydrogen-bond acceptors (Lipinski definition) is 3. The zero-order chi connectivity index (χ0) is 13.0. The van der Waals surface area contributed by atoms with E-state index in [1.165, 1.54) is 19.2 Å². The normalized spacial score (nSPS) is 15.5. The highest BCUT2D eigenvalue weighted by Gasteiger charge is 2.17. The van der Waals surface area contributed by atoms with E-state index in [4.69, 9.17) is 4.74 Å². The van der Waals surface area contributed by atoms with E-state index in [0.29, 0.717) is 5.56 Å². The van der Waals surface area contributed by atoms with Crippen molar-refractivity contribution >= 4 is 18.3 Å². The van der Waals surface area contributed by atoms with Crippen LogP contribution in [0.2, 0.25) is 0 Å². The first-order chi connectivity index (χ1) is 8.70. The van der Waals surface area contributed by atoms with Gasteiger partial charge in [0.15, 0.2) is 11.6 Å². The Kier molecular flexibility index (Phi) is 6.05. The topological polar surface area (TPSA) is 50.4 Å². The highest BCUT2D eigenvalue weighted by molar-refractivity contribution is 5.94. The Morgan fingerprint density at radius 1 is 1.42 bits per heavy atom. The van der Waals surface area contributed by atoms with Gasteiger partial charge in [0.1, 0.15) is 0 Å². The van der Waals surface area contributed by atoms with Crippen LogP contribution in [0.25, 0.3) is 0 Å². The number of halogens is 2. The third-order valence-corrected chi connectivity index (χ3v) is 3.09. The molecule has 4 nitrogen and oxygen atoms in total. The van der Waals surface area contributed by atoms with Crippen molar-refractivity contribution in [2.24, 2.45) is 0 Å². The maximum Gasteiger partial charge on any atom is 0.251 e. The molecular formula is C13H18ClFN2O2. The molecule has 1 saturated heterocycles. The highest BCUT2D eigenvalue weighted by Crippen LogP contribution is 2.17. The third-order valence-electron chi connectivity index (χ3n) is 3.09. The van der Waals surface area contributed by atoms with Gasteiger partial charge in [-0.05, 0) is 44.1 Å². The first-order valence-electron chi connectivity index (χ1n) is 6.06. The maximum absolute atomic E-state index is 13.5. The molecule has 2 N–H and O–H groups in total. The van der Waals surface area contributed by atoms with Crippen molar-refractivity contribution in [3.8, 4) is 5.75 Å². The summed E-state index contributed by atoms with van der Waals surface area (Å²) >= 11 is 0. The minimum absolute atomic E-state index is 0. The summed E-state index contributed by atoms with van der Waals surface area (Å²) in [6, 6.07) is 4.41. The van der Waals surface area contributed by atoms with E-state index in [1.54, 1.807) is 6.07 Å². The molecule has 0 atom stereocenters. The average molecular weight is 289 g/mol. The van der Waals surface area contributed by atoms with Gasteiger partial charge in [-0.15, -0.1) is 12.4 Å². The molecule has 6 heteroatoms. The second-order valence-electron chi connectivity index (χ2n) is 4.35. The molecule has 0 spiro atoms. The molecule has 1 aliphatic heterocycles. The number of benzene rings is 1. The summed E-state index contributed by atoms with van der Waals surface area (Å²) < 4.78 is 18.3. The number of ether oxygens (including phenoxy) is 1. The standard InChI is InChI=1S/C13H17FN2O2.ClH/c1-18-12-3-2-9(8-11(12)14)13(17)16-10-4-6-15-7-5-10;/h2-3,8,10,15H,4-7H2,1H3,(H,16,17);1H. The van der Waals surface area contributed by atoms with Crippen molar-refractivity contribution in [3.05, 3.63) is 29.6 Å². The highest BCUT2D eigenvalue weighted by atomic mass is 35.5. The zero-order valence-corrected chi connectivity index (χ0v) is 11.6. The van der Waals surface area contributed by atoms with E-state index in [2.05, 4.69) is 10.6 Å². The largest absolute Gasteiger partial charge is 0.494 e. The first kappa shape index (κ1) is 15.7. The lowest BCUT2D eigenvalue weighted by molar-refractivity contribution is 0.0929. The molecule has 1 heterocycles. The Bertz CT molecular complexity index is 437. The number of amides is 1. The van der Waals surface area contributed by atoms with Crippen molar-refractivity contribution in [1.82, 2.24) is 10.6 Å². The first-order valence-corrected chi connectivity index (χ1v) is 6.06. The quantitative estimate of drug-likeness (QED) is 0.891. The summed E-state index contributed by atoms with van der Waals surface area (Å²) in [6.45, 7) is 1.81. The molecule has 0 bridgehead atoms. The van der Waals surface area contributed by atoms with Crippen LogP contribution in [0.3, 0.4) is 0 Å². The summed E-state index contributed by atoms with van der Waals surface area (Å²) in [5.41, 5.74) is 0.326. The molecule has 2 rings (SSSR count). The lowest BCUT2D eigenvalue weighted by atomic mass is 10.1. The number of methoxy groups -OCH3 is 1. The molecule has 0 radical (unpaired) electrons. The van der Waals surface area contributed by atoms with Crippen molar-refractivity contribution in [2.45, 2.75) is 18.9 Å². The molecule has 0 unspecified atom stereocenters. The molecule has 0 aliphatic carbocycles. The van der Waals surface area contributed by atoms with Crippen molar-refractivity contribution < 1.29 is 13.9 Å². The van der Waals surface area contributed by atoms with Gasteiger partial charge in [-0.1, -0.05) is 0 Å². The number of nitrogens with one attached hydrogen (secondary N) is 2. The number of piperidine rings is 1. The number of carbonyl (C=O) groups is 1. The molecule has 1 amide bonds.